The summed E-state index contributed by atoms with van der Waals surface area (Å²) in [5.74, 6) is -1.90. The number of allylic oxidation sites excluding steroid dienone is 13. The molecule has 0 saturated heterocycles. The van der Waals surface area contributed by atoms with Gasteiger partial charge in [-0.15, -0.1) is 0 Å². The molecule has 0 fully saturated rings. The predicted octanol–water partition coefficient (Wildman–Crippen LogP) is 12.3. The average Bonchev–Trinajstić information content (AvgIpc) is 3.19. The van der Waals surface area contributed by atoms with Gasteiger partial charge in [0.05, 0.1) is 19.5 Å². The van der Waals surface area contributed by atoms with Crippen LogP contribution in [0.4, 0.5) is 0 Å². The van der Waals surface area contributed by atoms with Gasteiger partial charge >= 0.3 is 19.8 Å². The van der Waals surface area contributed by atoms with Gasteiger partial charge in [-0.2, -0.15) is 0 Å². The summed E-state index contributed by atoms with van der Waals surface area (Å²) in [6.45, 7) is 3.07. The molecule has 0 aliphatic rings. The zero-order valence-electron chi connectivity index (χ0n) is 35.4. The Bertz CT molecular complexity index is 1220. The normalized spacial score (nSPS) is 14.7. The number of carboxylic acids is 1. The van der Waals surface area contributed by atoms with E-state index in [1.54, 1.807) is 6.26 Å². The highest BCUT2D eigenvalue weighted by Gasteiger charge is 2.27. The molecule has 0 aromatic carbocycles. The van der Waals surface area contributed by atoms with Gasteiger partial charge in [-0.05, 0) is 63.9 Å². The minimum atomic E-state index is -4.66. The molecule has 1 unspecified atom stereocenters. The molecule has 0 heterocycles. The van der Waals surface area contributed by atoms with Crippen LogP contribution < -0.4 is 5.73 Å². The number of esters is 1. The molecular weight excluding hydrogens is 741 g/mol. The number of phosphoric acid groups is 1. The highest BCUT2D eigenvalue weighted by Crippen LogP contribution is 2.43. The van der Waals surface area contributed by atoms with E-state index in [1.165, 1.54) is 77.0 Å². The van der Waals surface area contributed by atoms with Gasteiger partial charge in [0.25, 0.3) is 0 Å². The second-order valence-electron chi connectivity index (χ2n) is 14.2. The number of ether oxygens (including phenoxy) is 2. The molecule has 57 heavy (non-hydrogen) atoms. The summed E-state index contributed by atoms with van der Waals surface area (Å²) in [6, 6.07) is -1.50. The lowest BCUT2D eigenvalue weighted by Gasteiger charge is -2.19. The van der Waals surface area contributed by atoms with Crippen molar-refractivity contribution in [3.8, 4) is 0 Å². The van der Waals surface area contributed by atoms with Crippen molar-refractivity contribution in [1.29, 1.82) is 0 Å². The van der Waals surface area contributed by atoms with Crippen LogP contribution in [-0.4, -0.2) is 53.9 Å². The lowest BCUT2D eigenvalue weighted by molar-refractivity contribution is -0.153. The maximum Gasteiger partial charge on any atom is 0.472 e. The van der Waals surface area contributed by atoms with E-state index in [0.717, 1.165) is 57.8 Å². The van der Waals surface area contributed by atoms with Crippen molar-refractivity contribution in [2.45, 2.75) is 174 Å². The fourth-order valence-corrected chi connectivity index (χ4v) is 6.20. The number of hydrogen-bond acceptors (Lipinski definition) is 8. The third kappa shape index (κ3) is 41.0. The Morgan fingerprint density at radius 1 is 0.579 bits per heavy atom. The van der Waals surface area contributed by atoms with Gasteiger partial charge in [0, 0.05) is 6.42 Å². The van der Waals surface area contributed by atoms with Crippen LogP contribution in [0.1, 0.15) is 162 Å². The van der Waals surface area contributed by atoms with Gasteiger partial charge in [0.2, 0.25) is 0 Å². The van der Waals surface area contributed by atoms with Crippen LogP contribution in [0.2, 0.25) is 0 Å². The third-order valence-electron chi connectivity index (χ3n) is 8.77. The van der Waals surface area contributed by atoms with Gasteiger partial charge in [-0.1, -0.05) is 170 Å². The summed E-state index contributed by atoms with van der Waals surface area (Å²) in [7, 11) is -4.66. The Morgan fingerprint density at radius 2 is 1.02 bits per heavy atom. The standard InChI is InChI=1S/C46H78NO9P/c1-3-5-7-9-11-13-15-17-19-21-22-23-24-26-28-30-32-34-36-38-45(48)56-43(41-54-57(51,52)55-42-44(47)46(49)50)40-53-39-37-35-33-31-29-27-25-20-18-16-14-12-10-8-6-4-2/h5,7,11,13,17,19,22-23,26,28,32,34,37,39,43-44H,3-4,6,8-10,12,14-16,18,20-21,24-25,27,29-31,33,35-36,38,40-42,47H2,1-2H3,(H,49,50)(H,51,52)/b7-5-,13-11-,19-17-,23-22-,28-26-,34-32-,39-37-/t43-,44+/m1/s1. The van der Waals surface area contributed by atoms with Crippen molar-refractivity contribution < 1.29 is 42.7 Å². The molecular formula is C46H78NO9P. The summed E-state index contributed by atoms with van der Waals surface area (Å²) in [5.41, 5.74) is 5.34. The molecule has 0 aliphatic heterocycles. The maximum atomic E-state index is 12.6. The average molecular weight is 820 g/mol. The quantitative estimate of drug-likeness (QED) is 0.0179. The number of carbonyl (C=O) groups excluding carboxylic acids is 1. The first-order valence-electron chi connectivity index (χ1n) is 21.7. The van der Waals surface area contributed by atoms with E-state index in [-0.39, 0.29) is 13.0 Å². The third-order valence-corrected chi connectivity index (χ3v) is 9.72. The van der Waals surface area contributed by atoms with E-state index in [4.69, 9.17) is 24.8 Å². The topological polar surface area (TPSA) is 155 Å². The van der Waals surface area contributed by atoms with Crippen LogP contribution >= 0.6 is 7.82 Å². The summed E-state index contributed by atoms with van der Waals surface area (Å²) < 4.78 is 33.0. The summed E-state index contributed by atoms with van der Waals surface area (Å²) >= 11 is 0. The Hall–Kier alpha value is -3.01. The van der Waals surface area contributed by atoms with Crippen LogP contribution in [0.25, 0.3) is 0 Å². The molecule has 0 radical (unpaired) electrons. The van der Waals surface area contributed by atoms with Crippen molar-refractivity contribution in [2.75, 3.05) is 19.8 Å². The monoisotopic (exact) mass is 820 g/mol. The first kappa shape index (κ1) is 54.0. The largest absolute Gasteiger partial charge is 0.498 e. The van der Waals surface area contributed by atoms with E-state index in [2.05, 4.69) is 79.1 Å². The molecule has 0 rings (SSSR count). The highest BCUT2D eigenvalue weighted by atomic mass is 31.2. The van der Waals surface area contributed by atoms with E-state index < -0.39 is 45.1 Å². The van der Waals surface area contributed by atoms with Crippen molar-refractivity contribution >= 4 is 19.8 Å². The van der Waals surface area contributed by atoms with Crippen LogP contribution in [0, 0.1) is 0 Å². The number of phosphoric ester groups is 1. The van der Waals surface area contributed by atoms with Gasteiger partial charge in [0.15, 0.2) is 6.10 Å². The lowest BCUT2D eigenvalue weighted by atomic mass is 10.0. The summed E-state index contributed by atoms with van der Waals surface area (Å²) in [6.07, 6.45) is 53.1. The molecule has 0 spiro atoms. The SMILES string of the molecule is CC/C=C\C/C=C\C/C=C\C/C=C\C/C=C\C/C=C\CCC(=O)O[C@H](CO/C=C\CCCCCCCCCCCCCCCC)COP(=O)(O)OC[C@H](N)C(=O)O. The fraction of sp³-hybridized carbons (Fsp3) is 0.652. The summed E-state index contributed by atoms with van der Waals surface area (Å²) in [4.78, 5) is 33.5. The lowest BCUT2D eigenvalue weighted by Crippen LogP contribution is -2.34. The first-order valence-corrected chi connectivity index (χ1v) is 23.2. The molecule has 0 saturated carbocycles. The van der Waals surface area contributed by atoms with Gasteiger partial charge in [0.1, 0.15) is 12.6 Å². The smallest absolute Gasteiger partial charge is 0.472 e. The zero-order chi connectivity index (χ0) is 41.9. The second-order valence-corrected chi connectivity index (χ2v) is 15.6. The van der Waals surface area contributed by atoms with Crippen molar-refractivity contribution in [3.63, 3.8) is 0 Å². The summed E-state index contributed by atoms with van der Waals surface area (Å²) in [5, 5.41) is 8.89. The molecule has 0 amide bonds. The van der Waals surface area contributed by atoms with Crippen molar-refractivity contribution in [3.05, 3.63) is 85.3 Å². The molecule has 0 aromatic heterocycles. The Morgan fingerprint density at radius 3 is 1.49 bits per heavy atom. The number of carboxylic acid groups (broad SMARTS) is 1. The first-order chi connectivity index (χ1) is 27.7. The number of aliphatic carboxylic acids is 1. The van der Waals surface area contributed by atoms with Crippen LogP contribution in [-0.2, 0) is 32.7 Å². The fourth-order valence-electron chi connectivity index (χ4n) is 5.42. The predicted molar refractivity (Wildman–Crippen MR) is 235 cm³/mol. The van der Waals surface area contributed by atoms with Crippen molar-refractivity contribution in [1.82, 2.24) is 0 Å². The van der Waals surface area contributed by atoms with Crippen LogP contribution in [0.15, 0.2) is 85.3 Å². The van der Waals surface area contributed by atoms with E-state index in [1.807, 2.05) is 18.2 Å². The van der Waals surface area contributed by atoms with E-state index in [0.29, 0.717) is 6.42 Å². The van der Waals surface area contributed by atoms with E-state index >= 15 is 0 Å². The minimum Gasteiger partial charge on any atom is -0.498 e. The molecule has 10 nitrogen and oxygen atoms in total. The highest BCUT2D eigenvalue weighted by molar-refractivity contribution is 7.47. The van der Waals surface area contributed by atoms with Crippen molar-refractivity contribution in [2.24, 2.45) is 5.73 Å². The van der Waals surface area contributed by atoms with Crippen LogP contribution in [0.3, 0.4) is 0 Å². The molecule has 326 valence electrons. The number of hydrogen-bond donors (Lipinski definition) is 3. The number of unbranched alkanes of at least 4 members (excludes halogenated alkanes) is 14. The molecule has 3 atom stereocenters. The minimum absolute atomic E-state index is 0.102. The molecule has 0 aromatic rings. The molecule has 4 N–H and O–H groups in total. The van der Waals surface area contributed by atoms with E-state index in [9.17, 15) is 19.0 Å². The molecule has 0 aliphatic carbocycles. The number of rotatable bonds is 40. The van der Waals surface area contributed by atoms with Gasteiger partial charge < -0.3 is 25.2 Å². The van der Waals surface area contributed by atoms with Gasteiger partial charge in [-0.25, -0.2) is 4.57 Å². The van der Waals surface area contributed by atoms with Crippen LogP contribution in [0.5, 0.6) is 0 Å². The zero-order valence-corrected chi connectivity index (χ0v) is 36.3. The Kier molecular flexibility index (Phi) is 39.0. The number of nitrogens with two attached hydrogens (primary N) is 1. The Labute approximate surface area is 346 Å². The van der Waals surface area contributed by atoms with Gasteiger partial charge in [-0.3, -0.25) is 18.6 Å². The Balaban J connectivity index is 4.44. The number of carbonyl (C=O) groups is 2. The second kappa shape index (κ2) is 41.2. The molecule has 11 heteroatoms. The molecule has 0 bridgehead atoms. The maximum absolute atomic E-state index is 12.6.